The van der Waals surface area contributed by atoms with E-state index in [9.17, 15) is 5.11 Å². The van der Waals surface area contributed by atoms with Gasteiger partial charge in [0.25, 0.3) is 0 Å². The van der Waals surface area contributed by atoms with E-state index in [1.807, 2.05) is 0 Å². The Morgan fingerprint density at radius 1 is 1.11 bits per heavy atom. The predicted molar refractivity (Wildman–Crippen MR) is 76.6 cm³/mol. The van der Waals surface area contributed by atoms with Gasteiger partial charge in [-0.25, -0.2) is 0 Å². The molecule has 0 amide bonds. The van der Waals surface area contributed by atoms with E-state index >= 15 is 0 Å². The largest absolute Gasteiger partial charge is 0.393 e. The molecule has 1 saturated heterocycles. The molecule has 5 atom stereocenters. The summed E-state index contributed by atoms with van der Waals surface area (Å²) < 4.78 is 0. The van der Waals surface area contributed by atoms with Crippen LogP contribution in [0.25, 0.3) is 0 Å². The topological polar surface area (TPSA) is 23.5 Å². The van der Waals surface area contributed by atoms with Crippen LogP contribution in [0.1, 0.15) is 59.3 Å². The highest BCUT2D eigenvalue weighted by atomic mass is 16.3. The molecule has 5 unspecified atom stereocenters. The number of nitrogens with zero attached hydrogens (tertiary/aromatic N) is 1. The summed E-state index contributed by atoms with van der Waals surface area (Å²) in [6.45, 7) is 9.40. The zero-order valence-electron chi connectivity index (χ0n) is 12.4. The van der Waals surface area contributed by atoms with Gasteiger partial charge in [-0.15, -0.1) is 0 Å². The molecule has 2 rings (SSSR count). The number of piperidine rings is 1. The Balaban J connectivity index is 1.87. The van der Waals surface area contributed by atoms with Gasteiger partial charge in [0.15, 0.2) is 0 Å². The molecule has 0 aromatic heterocycles. The molecular formula is C16H31NO. The van der Waals surface area contributed by atoms with Crippen LogP contribution in [0.4, 0.5) is 0 Å². The van der Waals surface area contributed by atoms with E-state index in [-0.39, 0.29) is 6.10 Å². The minimum Gasteiger partial charge on any atom is -0.393 e. The minimum absolute atomic E-state index is 0.0423. The molecule has 0 aromatic rings. The van der Waals surface area contributed by atoms with Gasteiger partial charge >= 0.3 is 0 Å². The third kappa shape index (κ3) is 3.48. The lowest BCUT2D eigenvalue weighted by atomic mass is 9.77. The van der Waals surface area contributed by atoms with Crippen LogP contribution in [0, 0.1) is 17.8 Å². The molecule has 1 heterocycles. The van der Waals surface area contributed by atoms with Gasteiger partial charge in [0, 0.05) is 12.6 Å². The minimum atomic E-state index is -0.0423. The Morgan fingerprint density at radius 3 is 2.56 bits per heavy atom. The molecule has 0 radical (unpaired) electrons. The predicted octanol–water partition coefficient (Wildman–Crippen LogP) is 3.29. The van der Waals surface area contributed by atoms with Crippen LogP contribution in [0.15, 0.2) is 0 Å². The van der Waals surface area contributed by atoms with Crippen molar-refractivity contribution < 1.29 is 5.11 Å². The second kappa shape index (κ2) is 6.38. The third-order valence-corrected chi connectivity index (χ3v) is 5.37. The molecule has 0 bridgehead atoms. The quantitative estimate of drug-likeness (QED) is 0.834. The van der Waals surface area contributed by atoms with Gasteiger partial charge in [-0.05, 0) is 63.3 Å². The van der Waals surface area contributed by atoms with Gasteiger partial charge in [0.05, 0.1) is 6.10 Å². The zero-order valence-corrected chi connectivity index (χ0v) is 12.4. The maximum Gasteiger partial charge on any atom is 0.0580 e. The summed E-state index contributed by atoms with van der Waals surface area (Å²) in [5, 5.41) is 10.2. The van der Waals surface area contributed by atoms with Crippen molar-refractivity contribution in [2.45, 2.75) is 71.4 Å². The summed E-state index contributed by atoms with van der Waals surface area (Å²) >= 11 is 0. The van der Waals surface area contributed by atoms with Gasteiger partial charge in [0.2, 0.25) is 0 Å². The molecule has 106 valence electrons. The number of hydrogen-bond donors (Lipinski definition) is 1. The first-order valence-corrected chi connectivity index (χ1v) is 8.02. The summed E-state index contributed by atoms with van der Waals surface area (Å²) in [7, 11) is 0. The molecule has 1 N–H and O–H groups in total. The van der Waals surface area contributed by atoms with Crippen molar-refractivity contribution in [3.63, 3.8) is 0 Å². The molecule has 1 aliphatic carbocycles. The van der Waals surface area contributed by atoms with E-state index in [4.69, 9.17) is 0 Å². The molecule has 0 aromatic carbocycles. The van der Waals surface area contributed by atoms with Gasteiger partial charge in [-0.1, -0.05) is 20.3 Å². The maximum absolute atomic E-state index is 10.2. The second-order valence-corrected chi connectivity index (χ2v) is 6.89. The van der Waals surface area contributed by atoms with E-state index in [0.29, 0.717) is 12.0 Å². The van der Waals surface area contributed by atoms with Crippen LogP contribution in [0.2, 0.25) is 0 Å². The third-order valence-electron chi connectivity index (χ3n) is 5.37. The Bertz CT molecular complexity index is 255. The maximum atomic E-state index is 10.2. The normalized spacial score (nSPS) is 43.0. The van der Waals surface area contributed by atoms with Crippen molar-refractivity contribution in [1.29, 1.82) is 0 Å². The van der Waals surface area contributed by atoms with Gasteiger partial charge in [0.1, 0.15) is 0 Å². The van der Waals surface area contributed by atoms with Gasteiger partial charge in [-0.3, -0.25) is 0 Å². The van der Waals surface area contributed by atoms with E-state index in [1.165, 1.54) is 38.6 Å². The van der Waals surface area contributed by atoms with Crippen molar-refractivity contribution in [2.75, 3.05) is 13.1 Å². The molecule has 2 heteroatoms. The first-order valence-electron chi connectivity index (χ1n) is 8.02. The fraction of sp³-hybridized carbons (Fsp3) is 1.00. The van der Waals surface area contributed by atoms with Gasteiger partial charge in [-0.2, -0.15) is 0 Å². The van der Waals surface area contributed by atoms with Crippen molar-refractivity contribution in [3.8, 4) is 0 Å². The average Bonchev–Trinajstić information content (AvgIpc) is 2.35. The molecule has 1 aliphatic heterocycles. The Morgan fingerprint density at radius 2 is 1.89 bits per heavy atom. The molecule has 1 saturated carbocycles. The van der Waals surface area contributed by atoms with Crippen LogP contribution < -0.4 is 0 Å². The number of aliphatic hydroxyl groups is 1. The van der Waals surface area contributed by atoms with E-state index < -0.39 is 0 Å². The number of rotatable bonds is 3. The van der Waals surface area contributed by atoms with Crippen molar-refractivity contribution in [1.82, 2.24) is 4.90 Å². The van der Waals surface area contributed by atoms with Crippen molar-refractivity contribution in [3.05, 3.63) is 0 Å². The zero-order chi connectivity index (χ0) is 13.1. The number of hydrogen-bond acceptors (Lipinski definition) is 2. The van der Waals surface area contributed by atoms with Crippen molar-refractivity contribution in [2.24, 2.45) is 17.8 Å². The first kappa shape index (κ1) is 14.3. The second-order valence-electron chi connectivity index (χ2n) is 6.89. The summed E-state index contributed by atoms with van der Waals surface area (Å²) in [5.41, 5.74) is 0. The lowest BCUT2D eigenvalue weighted by molar-refractivity contribution is 0.00916. The Labute approximate surface area is 113 Å². The Kier molecular flexibility index (Phi) is 5.08. The Hall–Kier alpha value is -0.0800. The highest BCUT2D eigenvalue weighted by Gasteiger charge is 2.32. The summed E-state index contributed by atoms with van der Waals surface area (Å²) in [6, 6.07) is 0.711. The molecule has 0 spiro atoms. The molecule has 2 fully saturated rings. The van der Waals surface area contributed by atoms with Crippen LogP contribution >= 0.6 is 0 Å². The van der Waals surface area contributed by atoms with Crippen LogP contribution in [-0.2, 0) is 0 Å². The van der Waals surface area contributed by atoms with E-state index in [1.54, 1.807) is 0 Å². The lowest BCUT2D eigenvalue weighted by Crippen LogP contribution is -2.46. The highest BCUT2D eigenvalue weighted by molar-refractivity contribution is 4.85. The summed E-state index contributed by atoms with van der Waals surface area (Å²) in [6.07, 6.45) is 7.43. The van der Waals surface area contributed by atoms with E-state index in [2.05, 4.69) is 25.7 Å². The number of likely N-dealkylation sites (tertiary alicyclic amines) is 1. The number of aliphatic hydroxyl groups excluding tert-OH is 1. The summed E-state index contributed by atoms with van der Waals surface area (Å²) in [4.78, 5) is 2.63. The monoisotopic (exact) mass is 253 g/mol. The lowest BCUT2D eigenvalue weighted by Gasteiger charge is -2.41. The van der Waals surface area contributed by atoms with Crippen LogP contribution in [-0.4, -0.2) is 35.2 Å². The van der Waals surface area contributed by atoms with Crippen LogP contribution in [0.5, 0.6) is 0 Å². The van der Waals surface area contributed by atoms with Crippen LogP contribution in [0.3, 0.4) is 0 Å². The highest BCUT2D eigenvalue weighted by Crippen LogP contribution is 2.33. The van der Waals surface area contributed by atoms with Crippen molar-refractivity contribution >= 4 is 0 Å². The summed E-state index contributed by atoms with van der Waals surface area (Å²) in [5.74, 6) is 2.27. The van der Waals surface area contributed by atoms with Gasteiger partial charge < -0.3 is 10.0 Å². The fourth-order valence-electron chi connectivity index (χ4n) is 3.94. The first-order chi connectivity index (χ1) is 8.60. The fourth-order valence-corrected chi connectivity index (χ4v) is 3.94. The molecular weight excluding hydrogens is 222 g/mol. The smallest absolute Gasteiger partial charge is 0.0580 e. The standard InChI is InChI=1S/C16H31NO/c1-4-14-5-6-16(18)15(10-14)11-17-8-7-12(2)9-13(17)3/h12-16,18H,4-11H2,1-3H3. The SMILES string of the molecule is CCC1CCC(O)C(CN2CCC(C)CC2C)C1. The molecule has 18 heavy (non-hydrogen) atoms. The molecule has 2 aliphatic rings. The molecule has 2 nitrogen and oxygen atoms in total. The van der Waals surface area contributed by atoms with E-state index in [0.717, 1.165) is 24.8 Å². The average molecular weight is 253 g/mol.